The number of anilines is 12. The quantitative estimate of drug-likeness (QED) is 0.0199. The van der Waals surface area contributed by atoms with Crippen molar-refractivity contribution in [2.45, 2.75) is 29.4 Å². The van der Waals surface area contributed by atoms with E-state index >= 15 is 0 Å². The predicted molar refractivity (Wildman–Crippen MR) is 387 cm³/mol. The summed E-state index contributed by atoms with van der Waals surface area (Å²) in [5.74, 6) is -2.60. The largest absolute Gasteiger partial charge is 0.775 e. The molecule has 4 heterocycles. The first kappa shape index (κ1) is 93.4. The predicted octanol–water partition coefficient (Wildman–Crippen LogP) is 7.49. The van der Waals surface area contributed by atoms with E-state index in [1.165, 1.54) is 24.3 Å². The molecule has 11 aromatic rings. The highest BCUT2D eigenvalue weighted by Gasteiger charge is 2.31. The summed E-state index contributed by atoms with van der Waals surface area (Å²) in [6.07, 6.45) is 0. The minimum absolute atomic E-state index is 0. The molecule has 48 nitrogen and oxygen atoms in total. The minimum Gasteiger partial charge on any atom is -0.775 e. The number of aromatic amines is 2. The van der Waals surface area contributed by atoms with Gasteiger partial charge in [0.25, 0.3) is 0 Å². The maximum absolute atomic E-state index is 13.3. The van der Waals surface area contributed by atoms with Crippen molar-refractivity contribution < 1.29 is 115 Å². The number of halogens is 4. The minimum atomic E-state index is -6.22. The zero-order valence-corrected chi connectivity index (χ0v) is 65.2. The van der Waals surface area contributed by atoms with Gasteiger partial charge >= 0.3 is 0 Å². The fraction of sp³-hybridized carbons (Fsp3) is 0. The molecule has 60 heteroatoms. The van der Waals surface area contributed by atoms with Crippen LogP contribution in [0.1, 0.15) is 0 Å². The molecule has 0 bridgehead atoms. The second kappa shape index (κ2) is 33.2. The number of hydrogen-bond acceptors (Lipinski definition) is 36. The van der Waals surface area contributed by atoms with Gasteiger partial charge in [0, 0.05) is 22.0 Å². The van der Waals surface area contributed by atoms with Crippen molar-refractivity contribution in [2.24, 2.45) is 0 Å². The number of fused-ring (bicyclic) bond motifs is 4. The Morgan fingerprint density at radius 1 is 0.352 bits per heavy atom. The van der Waals surface area contributed by atoms with E-state index in [-0.39, 0.29) is 60.6 Å². The molecule has 42 N–H and O–H groups in total. The Morgan fingerprint density at radius 3 is 0.870 bits per heavy atom. The Kier molecular flexibility index (Phi) is 28.7. The lowest BCUT2D eigenvalue weighted by Gasteiger charge is -2.24. The third kappa shape index (κ3) is 19.4. The molecular formula is C48H58Cl4N22O26P2S6. The first-order valence-electron chi connectivity index (χ1n) is 25.8. The molecule has 0 aliphatic heterocycles. The van der Waals surface area contributed by atoms with Crippen LogP contribution in [0.2, 0.25) is 20.6 Å². The lowest BCUT2D eigenvalue weighted by atomic mass is 10.2. The number of quaternary nitrogens is 8. The van der Waals surface area contributed by atoms with Crippen molar-refractivity contribution in [3.63, 3.8) is 0 Å². The van der Waals surface area contributed by atoms with Crippen molar-refractivity contribution in [3.8, 4) is 0 Å². The molecule has 11 rings (SSSR count). The Morgan fingerprint density at radius 2 is 0.602 bits per heavy atom. The molecule has 0 radical (unpaired) electrons. The summed E-state index contributed by atoms with van der Waals surface area (Å²) in [7, 11) is -46.8. The Bertz CT molecular complexity index is 5920. The van der Waals surface area contributed by atoms with Crippen LogP contribution in [0.15, 0.2) is 135 Å². The van der Waals surface area contributed by atoms with Gasteiger partial charge in [-0.05, 0) is 96.0 Å². The van der Waals surface area contributed by atoms with Gasteiger partial charge < -0.3 is 156 Å². The summed E-state index contributed by atoms with van der Waals surface area (Å²) in [4.78, 5) is 59.9. The van der Waals surface area contributed by atoms with Crippen LogP contribution in [0.25, 0.3) is 44.4 Å². The highest BCUT2D eigenvalue weighted by molar-refractivity contribution is 7.89. The Labute approximate surface area is 625 Å². The Balaban J connectivity index is 0.00000378. The third-order valence-electron chi connectivity index (χ3n) is 13.3. The molecule has 7 aromatic carbocycles. The number of benzene rings is 7. The zero-order chi connectivity index (χ0) is 73.1. The summed E-state index contributed by atoms with van der Waals surface area (Å²) in [6, 6.07) is 14.5. The van der Waals surface area contributed by atoms with E-state index in [2.05, 4.69) is 71.8 Å². The number of H-pyrrole nitrogens is 2. The van der Waals surface area contributed by atoms with Gasteiger partial charge in [0.1, 0.15) is 91.6 Å². The van der Waals surface area contributed by atoms with Gasteiger partial charge in [-0.15, -0.1) is 0 Å². The summed E-state index contributed by atoms with van der Waals surface area (Å²) < 4.78 is 271. The average molecular weight is 1760 g/mol. The molecule has 0 aliphatic rings. The first-order chi connectivity index (χ1) is 46.2. The fourth-order valence-corrected chi connectivity index (χ4v) is 17.2. The number of nitrogens with one attached hydrogen (secondary N) is 8. The molecule has 0 aliphatic carbocycles. The van der Waals surface area contributed by atoms with Gasteiger partial charge in [-0.3, -0.25) is 0 Å². The van der Waals surface area contributed by atoms with Gasteiger partial charge in [-0.25, -0.2) is 50.5 Å². The van der Waals surface area contributed by atoms with Crippen LogP contribution in [0.5, 0.6) is 0 Å². The van der Waals surface area contributed by atoms with Crippen LogP contribution in [0.4, 0.5) is 69.3 Å². The van der Waals surface area contributed by atoms with Crippen molar-refractivity contribution in [1.82, 2.24) is 89.1 Å². The van der Waals surface area contributed by atoms with Crippen LogP contribution in [0, 0.1) is 0 Å². The molecule has 2 unspecified atom stereocenters. The van der Waals surface area contributed by atoms with Gasteiger partial charge in [-0.1, -0.05) is 47.5 Å². The highest BCUT2D eigenvalue weighted by Crippen LogP contribution is 2.46. The molecule has 0 spiro atoms. The van der Waals surface area contributed by atoms with Crippen LogP contribution in [0.3, 0.4) is 0 Å². The number of nitrogens with zero attached hydrogens (tertiary/aromatic N) is 6. The van der Waals surface area contributed by atoms with E-state index < -0.39 is 239 Å². The molecule has 0 saturated heterocycles. The summed E-state index contributed by atoms with van der Waals surface area (Å²) >= 11 is 25.7. The molecule has 2 atom stereocenters. The van der Waals surface area contributed by atoms with E-state index in [0.29, 0.717) is 36.4 Å². The third-order valence-corrected chi connectivity index (χ3v) is 22.0. The maximum atomic E-state index is 13.3. The summed E-state index contributed by atoms with van der Waals surface area (Å²) in [5, 5.41) is 9.81. The number of aromatic nitrogens is 8. The Hall–Kier alpha value is -8.84. The molecule has 0 saturated carbocycles. The monoisotopic (exact) mass is 1750 g/mol. The van der Waals surface area contributed by atoms with Crippen molar-refractivity contribution >= 4 is 247 Å². The molecular weight excluding hydrogens is 1700 g/mol. The summed E-state index contributed by atoms with van der Waals surface area (Å²) in [6.45, 7) is 0. The number of rotatable bonds is 20. The van der Waals surface area contributed by atoms with E-state index in [4.69, 9.17) is 55.2 Å². The van der Waals surface area contributed by atoms with E-state index in [1.807, 2.05) is 0 Å². The molecule has 4 aromatic heterocycles. The van der Waals surface area contributed by atoms with Crippen molar-refractivity contribution in [1.29, 1.82) is 0 Å². The zero-order valence-electron chi connectivity index (χ0n) is 55.5. The SMILES string of the molecule is O=P([O-])(O)c1cccc(Nc2nc(Cl)nc(Nc3ccc(Nc4ccc5[nH]c6c(Cl)c7oc8c(S(=O)(=O)[O-])c(Nc9ccc(Nc%10nc(Cl)nc(Nc%11cccc(P(=O)([O-])O)c%11)n%10)c(S(=O)(=O)[O-])c9S(=O)(=O)[O-])ccc8[nH]c7c(Cl)c6oc5c4S(=O)(=O)[O-])c(S(=O)(=O)[O-])c3S(=O)(=O)[O-])n2)c1.[NH4+].[NH4+].[NH4+].[NH4+].[NH4+].[NH4+].[NH4+].[NH4+]. The van der Waals surface area contributed by atoms with Gasteiger partial charge in [0.2, 0.25) is 34.4 Å². The lowest BCUT2D eigenvalue weighted by molar-refractivity contribution is -0.190. The maximum Gasteiger partial charge on any atom is 0.233 e. The van der Waals surface area contributed by atoms with Gasteiger partial charge in [-0.2, -0.15) is 29.9 Å². The summed E-state index contributed by atoms with van der Waals surface area (Å²) in [5.41, 5.74) is -12.1. The van der Waals surface area contributed by atoms with E-state index in [0.717, 1.165) is 36.4 Å². The standard InChI is InChI=1S/C48H34Cl4N14O26P2S6.8H3N/c49-29-32-36(92-34-22(58-32)8-10-24(38(34)96(76,77)78)56-26-12-14-28(42(100(88,89)90)40(26)98(82,83)84)60-48-64-44(52)62-46(66-48)54-18-4-2-6-20(16-18)94(70,71)72)30(50)31-35(29)91-33-21(57-31)7-9-23(37(33)95(73,74)75)55-25-11-13-27(41(99(85,86)87)39(25)97(79,80)81)59-47-63-43(51)61-45(65-47)53-17-3-1-5-19(15-17)93(67,68)69;;;;;;;;/h1-16,55-58H,(H2,67,68,69)(H2,70,71,72)(H,73,74,75)(H,76,77,78)(H,79,80,81)(H,82,83,84)(H,85,86,87)(H,88,89,90)(H2,53,59,61,63,65)(H2,54,60,62,64,66);8*1H3. The van der Waals surface area contributed by atoms with Crippen LogP contribution in [-0.4, -0.2) is 127 Å². The molecule has 590 valence electrons. The van der Waals surface area contributed by atoms with Crippen molar-refractivity contribution in [2.75, 3.05) is 31.9 Å². The second-order valence-electron chi connectivity index (χ2n) is 19.9. The van der Waals surface area contributed by atoms with Gasteiger partial charge in [0.05, 0.1) is 64.7 Å². The normalized spacial score (nSPS) is 12.8. The second-order valence-corrected chi connectivity index (χ2v) is 32.3. The van der Waals surface area contributed by atoms with Crippen LogP contribution in [-0.2, 0) is 69.8 Å². The average Bonchev–Trinajstić information content (AvgIpc) is 0.727. The molecule has 108 heavy (non-hydrogen) atoms. The first-order valence-corrected chi connectivity index (χ1v) is 39.0. The van der Waals surface area contributed by atoms with Crippen molar-refractivity contribution in [3.05, 3.63) is 118 Å². The van der Waals surface area contributed by atoms with Crippen LogP contribution < -0.4 is 102 Å². The van der Waals surface area contributed by atoms with Crippen LogP contribution >= 0.6 is 61.6 Å². The van der Waals surface area contributed by atoms with E-state index in [9.17, 15) is 107 Å². The molecule has 0 amide bonds. The smallest absolute Gasteiger partial charge is 0.233 e. The lowest BCUT2D eigenvalue weighted by Crippen LogP contribution is -2.16. The number of hydrogen-bond donors (Lipinski definition) is 18. The molecule has 0 fully saturated rings. The van der Waals surface area contributed by atoms with Gasteiger partial charge in [0.15, 0.2) is 37.5 Å². The topological polar surface area (TPSA) is 963 Å². The highest BCUT2D eigenvalue weighted by atomic mass is 35.5. The van der Waals surface area contributed by atoms with E-state index in [1.54, 1.807) is 0 Å². The fourth-order valence-electron chi connectivity index (χ4n) is 9.50.